The predicted octanol–water partition coefficient (Wildman–Crippen LogP) is 2.64. The quantitative estimate of drug-likeness (QED) is 0.833. The van der Waals surface area contributed by atoms with Crippen molar-refractivity contribution in [1.82, 2.24) is 15.3 Å². The third kappa shape index (κ3) is 3.64. The average Bonchev–Trinajstić information content (AvgIpc) is 2.82. The highest BCUT2D eigenvalue weighted by molar-refractivity contribution is 9.10. The van der Waals surface area contributed by atoms with Gasteiger partial charge in [-0.25, -0.2) is 9.37 Å². The zero-order valence-corrected chi connectivity index (χ0v) is 10.8. The summed E-state index contributed by atoms with van der Waals surface area (Å²) in [5.74, 6) is -0.224. The molecule has 5 heteroatoms. The van der Waals surface area contributed by atoms with Crippen molar-refractivity contribution < 1.29 is 4.39 Å². The average molecular weight is 298 g/mol. The van der Waals surface area contributed by atoms with E-state index in [0.29, 0.717) is 11.0 Å². The minimum Gasteiger partial charge on any atom is -0.348 e. The van der Waals surface area contributed by atoms with E-state index in [9.17, 15) is 4.39 Å². The Hall–Kier alpha value is -1.20. The summed E-state index contributed by atoms with van der Waals surface area (Å²) < 4.78 is 13.7. The standard InChI is InChI=1S/C12H13BrFN3/c13-11-2-1-9(5-12(11)14)6-15-4-3-10-7-16-8-17-10/h1-2,5,7-8,15H,3-4,6H2,(H,16,17). The van der Waals surface area contributed by atoms with E-state index in [2.05, 4.69) is 31.2 Å². The molecule has 0 amide bonds. The van der Waals surface area contributed by atoms with Gasteiger partial charge < -0.3 is 10.3 Å². The lowest BCUT2D eigenvalue weighted by Crippen LogP contribution is -2.16. The van der Waals surface area contributed by atoms with Crippen LogP contribution in [0, 0.1) is 5.82 Å². The van der Waals surface area contributed by atoms with Gasteiger partial charge >= 0.3 is 0 Å². The van der Waals surface area contributed by atoms with Crippen molar-refractivity contribution in [2.75, 3.05) is 6.54 Å². The number of nitrogens with zero attached hydrogens (tertiary/aromatic N) is 1. The van der Waals surface area contributed by atoms with Gasteiger partial charge in [-0.05, 0) is 33.6 Å². The number of aromatic amines is 1. The first-order chi connectivity index (χ1) is 8.25. The lowest BCUT2D eigenvalue weighted by molar-refractivity contribution is 0.613. The molecule has 0 saturated heterocycles. The molecular weight excluding hydrogens is 285 g/mol. The van der Waals surface area contributed by atoms with Gasteiger partial charge in [0.15, 0.2) is 0 Å². The summed E-state index contributed by atoms with van der Waals surface area (Å²) in [6.07, 6.45) is 4.36. The molecule has 3 nitrogen and oxygen atoms in total. The van der Waals surface area contributed by atoms with E-state index < -0.39 is 0 Å². The molecule has 0 fully saturated rings. The first kappa shape index (κ1) is 12.3. The highest BCUT2D eigenvalue weighted by atomic mass is 79.9. The van der Waals surface area contributed by atoms with Crippen molar-refractivity contribution in [3.8, 4) is 0 Å². The Morgan fingerprint density at radius 2 is 2.29 bits per heavy atom. The molecule has 0 atom stereocenters. The first-order valence-corrected chi connectivity index (χ1v) is 6.17. The van der Waals surface area contributed by atoms with E-state index in [1.165, 1.54) is 6.07 Å². The Morgan fingerprint density at radius 1 is 1.41 bits per heavy atom. The molecule has 0 aliphatic heterocycles. The lowest BCUT2D eigenvalue weighted by atomic mass is 10.2. The molecule has 90 valence electrons. The molecule has 0 aliphatic rings. The van der Waals surface area contributed by atoms with Gasteiger partial charge in [0.2, 0.25) is 0 Å². The molecule has 0 spiro atoms. The van der Waals surface area contributed by atoms with Crippen molar-refractivity contribution in [2.24, 2.45) is 0 Å². The van der Waals surface area contributed by atoms with Crippen LogP contribution in [0.15, 0.2) is 35.2 Å². The van der Waals surface area contributed by atoms with Crippen LogP contribution in [0.4, 0.5) is 4.39 Å². The zero-order valence-electron chi connectivity index (χ0n) is 9.21. The summed E-state index contributed by atoms with van der Waals surface area (Å²) in [5.41, 5.74) is 2.04. The van der Waals surface area contributed by atoms with Crippen LogP contribution < -0.4 is 5.32 Å². The molecule has 1 aromatic carbocycles. The van der Waals surface area contributed by atoms with Crippen LogP contribution >= 0.6 is 15.9 Å². The third-order valence-electron chi connectivity index (χ3n) is 2.44. The van der Waals surface area contributed by atoms with E-state index in [1.807, 2.05) is 6.07 Å². The summed E-state index contributed by atoms with van der Waals surface area (Å²) in [6.45, 7) is 1.50. The highest BCUT2D eigenvalue weighted by Gasteiger charge is 2.00. The normalized spacial score (nSPS) is 10.7. The van der Waals surface area contributed by atoms with Gasteiger partial charge in [0, 0.05) is 31.4 Å². The molecule has 0 aliphatic carbocycles. The Bertz CT molecular complexity index is 471. The maximum absolute atomic E-state index is 13.2. The second-order valence-electron chi connectivity index (χ2n) is 3.75. The van der Waals surface area contributed by atoms with Crippen LogP contribution in [0.5, 0.6) is 0 Å². The number of H-pyrrole nitrogens is 1. The summed E-state index contributed by atoms with van der Waals surface area (Å²) in [6, 6.07) is 5.16. The van der Waals surface area contributed by atoms with Crippen molar-refractivity contribution >= 4 is 15.9 Å². The number of halogens is 2. The van der Waals surface area contributed by atoms with Gasteiger partial charge in [-0.3, -0.25) is 0 Å². The Morgan fingerprint density at radius 3 is 3.00 bits per heavy atom. The second kappa shape index (κ2) is 5.93. The second-order valence-corrected chi connectivity index (χ2v) is 4.61. The number of aromatic nitrogens is 2. The number of hydrogen-bond donors (Lipinski definition) is 2. The minimum atomic E-state index is -0.224. The highest BCUT2D eigenvalue weighted by Crippen LogP contribution is 2.16. The van der Waals surface area contributed by atoms with Crippen molar-refractivity contribution in [1.29, 1.82) is 0 Å². The van der Waals surface area contributed by atoms with Crippen LogP contribution in [-0.2, 0) is 13.0 Å². The molecule has 2 N–H and O–H groups in total. The van der Waals surface area contributed by atoms with E-state index in [0.717, 1.165) is 24.2 Å². The first-order valence-electron chi connectivity index (χ1n) is 5.37. The molecule has 1 aromatic heterocycles. The monoisotopic (exact) mass is 297 g/mol. The van der Waals surface area contributed by atoms with Crippen LogP contribution in [0.2, 0.25) is 0 Å². The summed E-state index contributed by atoms with van der Waals surface area (Å²) >= 11 is 3.13. The molecule has 1 heterocycles. The zero-order chi connectivity index (χ0) is 12.1. The molecule has 0 unspecified atom stereocenters. The molecule has 2 aromatic rings. The van der Waals surface area contributed by atoms with Gasteiger partial charge in [0.1, 0.15) is 5.82 Å². The fourth-order valence-corrected chi connectivity index (χ4v) is 1.77. The van der Waals surface area contributed by atoms with Crippen LogP contribution in [0.1, 0.15) is 11.3 Å². The van der Waals surface area contributed by atoms with Crippen molar-refractivity contribution in [3.63, 3.8) is 0 Å². The van der Waals surface area contributed by atoms with Gasteiger partial charge in [0.05, 0.1) is 10.8 Å². The SMILES string of the molecule is Fc1cc(CNCCc2cnc[nH]2)ccc1Br. The van der Waals surface area contributed by atoms with Crippen molar-refractivity contribution in [2.45, 2.75) is 13.0 Å². The maximum Gasteiger partial charge on any atom is 0.137 e. The Labute approximate surface area is 108 Å². The molecule has 0 radical (unpaired) electrons. The molecule has 2 rings (SSSR count). The molecule has 17 heavy (non-hydrogen) atoms. The van der Waals surface area contributed by atoms with Gasteiger partial charge in [0.25, 0.3) is 0 Å². The summed E-state index contributed by atoms with van der Waals surface area (Å²) in [4.78, 5) is 6.98. The largest absolute Gasteiger partial charge is 0.348 e. The topological polar surface area (TPSA) is 40.7 Å². The fourth-order valence-electron chi connectivity index (χ4n) is 1.53. The molecule has 0 saturated carbocycles. The molecule has 0 bridgehead atoms. The Balaban J connectivity index is 1.76. The smallest absolute Gasteiger partial charge is 0.137 e. The van der Waals surface area contributed by atoms with Crippen LogP contribution in [0.25, 0.3) is 0 Å². The number of imidazole rings is 1. The van der Waals surface area contributed by atoms with Crippen molar-refractivity contribution in [3.05, 3.63) is 52.3 Å². The summed E-state index contributed by atoms with van der Waals surface area (Å²) in [5, 5.41) is 3.26. The van der Waals surface area contributed by atoms with Gasteiger partial charge in [-0.2, -0.15) is 0 Å². The van der Waals surface area contributed by atoms with Gasteiger partial charge in [-0.1, -0.05) is 6.07 Å². The van der Waals surface area contributed by atoms with E-state index in [-0.39, 0.29) is 5.82 Å². The number of benzene rings is 1. The number of hydrogen-bond acceptors (Lipinski definition) is 2. The minimum absolute atomic E-state index is 0.224. The summed E-state index contributed by atoms with van der Waals surface area (Å²) in [7, 11) is 0. The van der Waals surface area contributed by atoms with E-state index >= 15 is 0 Å². The van der Waals surface area contributed by atoms with E-state index in [4.69, 9.17) is 0 Å². The van der Waals surface area contributed by atoms with Crippen LogP contribution in [-0.4, -0.2) is 16.5 Å². The van der Waals surface area contributed by atoms with Gasteiger partial charge in [-0.15, -0.1) is 0 Å². The van der Waals surface area contributed by atoms with Crippen LogP contribution in [0.3, 0.4) is 0 Å². The maximum atomic E-state index is 13.2. The number of nitrogens with one attached hydrogen (secondary N) is 2. The Kier molecular flexibility index (Phi) is 4.28. The lowest BCUT2D eigenvalue weighted by Gasteiger charge is -2.04. The number of rotatable bonds is 5. The van der Waals surface area contributed by atoms with E-state index in [1.54, 1.807) is 18.6 Å². The fraction of sp³-hybridized carbons (Fsp3) is 0.250. The third-order valence-corrected chi connectivity index (χ3v) is 3.08. The predicted molar refractivity (Wildman–Crippen MR) is 68.1 cm³/mol. The molecular formula is C12H13BrFN3.